The molecule has 1 fully saturated rings. The van der Waals surface area contributed by atoms with E-state index in [2.05, 4.69) is 11.6 Å². The predicted octanol–water partition coefficient (Wildman–Crippen LogP) is 1.22. The first kappa shape index (κ1) is 12.9. The Balaban J connectivity index is 2.22. The van der Waals surface area contributed by atoms with E-state index in [-0.39, 0.29) is 16.6 Å². The Kier molecular flexibility index (Phi) is 3.28. The van der Waals surface area contributed by atoms with Crippen molar-refractivity contribution in [2.45, 2.75) is 30.7 Å². The second-order valence-electron chi connectivity index (χ2n) is 4.76. The molecule has 0 aliphatic heterocycles. The van der Waals surface area contributed by atoms with Crippen LogP contribution in [0.3, 0.4) is 0 Å². The Morgan fingerprint density at radius 2 is 2.11 bits per heavy atom. The third kappa shape index (κ3) is 2.47. The molecule has 96 valence electrons. The van der Waals surface area contributed by atoms with Gasteiger partial charge in [0.15, 0.2) is 0 Å². The van der Waals surface area contributed by atoms with Crippen LogP contribution in [0.2, 0.25) is 0 Å². The lowest BCUT2D eigenvalue weighted by molar-refractivity contribution is 0.270. The number of rotatable bonds is 3. The van der Waals surface area contributed by atoms with Gasteiger partial charge in [0, 0.05) is 6.04 Å². The number of hydrogen-bond donors (Lipinski definition) is 2. The molecule has 1 aromatic rings. The van der Waals surface area contributed by atoms with Gasteiger partial charge in [-0.25, -0.2) is 13.1 Å². The van der Waals surface area contributed by atoms with Crippen LogP contribution in [0.4, 0.5) is 5.69 Å². The highest BCUT2D eigenvalue weighted by molar-refractivity contribution is 7.89. The highest BCUT2D eigenvalue weighted by Gasteiger charge is 2.30. The predicted molar refractivity (Wildman–Crippen MR) is 68.1 cm³/mol. The van der Waals surface area contributed by atoms with E-state index >= 15 is 0 Å². The zero-order valence-corrected chi connectivity index (χ0v) is 10.9. The second kappa shape index (κ2) is 4.59. The van der Waals surface area contributed by atoms with Crippen molar-refractivity contribution in [1.29, 1.82) is 5.26 Å². The molecule has 1 aliphatic rings. The van der Waals surface area contributed by atoms with E-state index in [9.17, 15) is 8.42 Å². The van der Waals surface area contributed by atoms with Crippen LogP contribution in [0.25, 0.3) is 0 Å². The summed E-state index contributed by atoms with van der Waals surface area (Å²) in [4.78, 5) is 0.0426. The summed E-state index contributed by atoms with van der Waals surface area (Å²) in [6.45, 7) is 2.08. The largest absolute Gasteiger partial charge is 0.398 e. The van der Waals surface area contributed by atoms with Gasteiger partial charge in [0.25, 0.3) is 0 Å². The average Bonchev–Trinajstić information content (AvgIpc) is 2.26. The average molecular weight is 265 g/mol. The molecule has 0 saturated heterocycles. The molecule has 18 heavy (non-hydrogen) atoms. The molecular formula is C12H15N3O2S. The molecule has 0 aromatic heterocycles. The van der Waals surface area contributed by atoms with Crippen LogP contribution in [0.15, 0.2) is 23.1 Å². The molecule has 0 unspecified atom stereocenters. The van der Waals surface area contributed by atoms with Crippen LogP contribution in [-0.4, -0.2) is 14.5 Å². The summed E-state index contributed by atoms with van der Waals surface area (Å²) in [6.07, 6.45) is 1.71. The van der Waals surface area contributed by atoms with E-state index in [0.29, 0.717) is 11.5 Å². The monoisotopic (exact) mass is 265 g/mol. The number of nitriles is 1. The van der Waals surface area contributed by atoms with Crippen molar-refractivity contribution in [1.82, 2.24) is 4.72 Å². The molecule has 3 N–H and O–H groups in total. The number of benzene rings is 1. The van der Waals surface area contributed by atoms with E-state index in [0.717, 1.165) is 12.8 Å². The molecule has 0 spiro atoms. The van der Waals surface area contributed by atoms with Crippen LogP contribution in [0.1, 0.15) is 25.3 Å². The highest BCUT2D eigenvalue weighted by Crippen LogP contribution is 2.28. The number of nitrogen functional groups attached to an aromatic ring is 1. The summed E-state index contributed by atoms with van der Waals surface area (Å²) in [5.41, 5.74) is 6.13. The van der Waals surface area contributed by atoms with E-state index in [1.165, 1.54) is 18.2 Å². The third-order valence-corrected chi connectivity index (χ3v) is 4.72. The van der Waals surface area contributed by atoms with Gasteiger partial charge in [-0.2, -0.15) is 5.26 Å². The number of nitrogens with zero attached hydrogens (tertiary/aromatic N) is 1. The summed E-state index contributed by atoms with van der Waals surface area (Å²) >= 11 is 0. The van der Waals surface area contributed by atoms with Crippen molar-refractivity contribution in [3.63, 3.8) is 0 Å². The fourth-order valence-corrected chi connectivity index (χ4v) is 3.52. The first-order chi connectivity index (χ1) is 8.42. The van der Waals surface area contributed by atoms with Crippen molar-refractivity contribution >= 4 is 15.7 Å². The van der Waals surface area contributed by atoms with Crippen LogP contribution < -0.4 is 10.5 Å². The molecule has 0 atom stereocenters. The lowest BCUT2D eigenvalue weighted by Crippen LogP contribution is -2.43. The Labute approximate surface area is 107 Å². The molecule has 1 aliphatic carbocycles. The Bertz CT molecular complexity index is 598. The van der Waals surface area contributed by atoms with E-state index in [1.54, 1.807) is 0 Å². The molecule has 6 heteroatoms. The van der Waals surface area contributed by atoms with Gasteiger partial charge in [-0.1, -0.05) is 6.92 Å². The first-order valence-corrected chi connectivity index (χ1v) is 7.22. The van der Waals surface area contributed by atoms with Crippen LogP contribution in [0.5, 0.6) is 0 Å². The van der Waals surface area contributed by atoms with E-state index in [1.807, 2.05) is 6.07 Å². The maximum absolute atomic E-state index is 12.1. The molecule has 0 amide bonds. The zero-order chi connectivity index (χ0) is 13.3. The van der Waals surface area contributed by atoms with Crippen molar-refractivity contribution in [2.24, 2.45) is 5.92 Å². The van der Waals surface area contributed by atoms with Gasteiger partial charge in [0.2, 0.25) is 10.0 Å². The Morgan fingerprint density at radius 3 is 2.61 bits per heavy atom. The topological polar surface area (TPSA) is 96.0 Å². The first-order valence-electron chi connectivity index (χ1n) is 5.74. The number of nitrogens with one attached hydrogen (secondary N) is 1. The highest BCUT2D eigenvalue weighted by atomic mass is 32.2. The fourth-order valence-electron chi connectivity index (χ4n) is 2.14. The molecule has 0 heterocycles. The van der Waals surface area contributed by atoms with E-state index < -0.39 is 10.0 Å². The Hall–Kier alpha value is -1.58. The van der Waals surface area contributed by atoms with Crippen LogP contribution in [0, 0.1) is 17.2 Å². The third-order valence-electron chi connectivity index (χ3n) is 3.12. The van der Waals surface area contributed by atoms with Gasteiger partial charge in [-0.15, -0.1) is 0 Å². The molecule has 0 radical (unpaired) electrons. The molecule has 1 saturated carbocycles. The second-order valence-corrected chi connectivity index (χ2v) is 6.44. The molecule has 1 aromatic carbocycles. The van der Waals surface area contributed by atoms with Crippen molar-refractivity contribution in [3.8, 4) is 6.07 Å². The van der Waals surface area contributed by atoms with Gasteiger partial charge in [-0.05, 0) is 37.0 Å². The van der Waals surface area contributed by atoms with Crippen molar-refractivity contribution in [2.75, 3.05) is 5.73 Å². The number of anilines is 1. The lowest BCUT2D eigenvalue weighted by Gasteiger charge is -2.33. The molecule has 5 nitrogen and oxygen atoms in total. The Morgan fingerprint density at radius 1 is 1.44 bits per heavy atom. The number of sulfonamides is 1. The minimum atomic E-state index is -3.58. The molecule has 2 rings (SSSR count). The maximum Gasteiger partial charge on any atom is 0.242 e. The van der Waals surface area contributed by atoms with Crippen LogP contribution >= 0.6 is 0 Å². The number of nitrogens with two attached hydrogens (primary N) is 1. The van der Waals surface area contributed by atoms with Gasteiger partial charge >= 0.3 is 0 Å². The quantitative estimate of drug-likeness (QED) is 0.803. The summed E-state index contributed by atoms with van der Waals surface area (Å²) in [5, 5.41) is 8.71. The van der Waals surface area contributed by atoms with Gasteiger partial charge < -0.3 is 5.73 Å². The van der Waals surface area contributed by atoms with Crippen LogP contribution in [-0.2, 0) is 10.0 Å². The van der Waals surface area contributed by atoms with Crippen molar-refractivity contribution < 1.29 is 8.42 Å². The molecular weight excluding hydrogens is 250 g/mol. The number of hydrogen-bond acceptors (Lipinski definition) is 4. The van der Waals surface area contributed by atoms with Gasteiger partial charge in [-0.3, -0.25) is 0 Å². The summed E-state index contributed by atoms with van der Waals surface area (Å²) in [7, 11) is -3.58. The fraction of sp³-hybridized carbons (Fsp3) is 0.417. The summed E-state index contributed by atoms with van der Waals surface area (Å²) in [6, 6.07) is 6.12. The lowest BCUT2D eigenvalue weighted by atomic mass is 9.83. The zero-order valence-electron chi connectivity index (χ0n) is 10.1. The van der Waals surface area contributed by atoms with E-state index in [4.69, 9.17) is 11.0 Å². The van der Waals surface area contributed by atoms with Crippen molar-refractivity contribution in [3.05, 3.63) is 23.8 Å². The standard InChI is InChI=1S/C12H15N3O2S/c1-8-4-10(5-8)15-18(16,17)12-3-2-9(7-13)6-11(12)14/h2-3,6,8,10,15H,4-5,14H2,1H3. The SMILES string of the molecule is CC1CC(NS(=O)(=O)c2ccc(C#N)cc2N)C1. The maximum atomic E-state index is 12.1. The minimum absolute atomic E-state index is 0.0000401. The van der Waals surface area contributed by atoms with Gasteiger partial charge in [0.1, 0.15) is 4.90 Å². The smallest absolute Gasteiger partial charge is 0.242 e. The summed E-state index contributed by atoms with van der Waals surface area (Å²) < 4.78 is 26.8. The minimum Gasteiger partial charge on any atom is -0.398 e. The summed E-state index contributed by atoms with van der Waals surface area (Å²) in [5.74, 6) is 0.566. The molecule has 0 bridgehead atoms. The van der Waals surface area contributed by atoms with Gasteiger partial charge in [0.05, 0.1) is 17.3 Å². The normalized spacial score (nSPS) is 23.1.